The minimum atomic E-state index is 0.639. The number of terminal acetylenes is 1. The maximum Gasteiger partial charge on any atom is 0.0948 e. The van der Waals surface area contributed by atoms with Crippen molar-refractivity contribution in [3.05, 3.63) is 18.2 Å². The summed E-state index contributed by atoms with van der Waals surface area (Å²) in [5, 5.41) is 3.25. The topological polar surface area (TPSA) is 29.9 Å². The third-order valence-corrected chi connectivity index (χ3v) is 2.44. The van der Waals surface area contributed by atoms with Crippen LogP contribution in [0.3, 0.4) is 0 Å². The fourth-order valence-electron chi connectivity index (χ4n) is 1.54. The number of nitrogens with one attached hydrogen (secondary N) is 1. The zero-order chi connectivity index (χ0) is 9.10. The summed E-state index contributed by atoms with van der Waals surface area (Å²) in [5.74, 6) is 3.28. The Kier molecular flexibility index (Phi) is 2.33. The largest absolute Gasteiger partial charge is 0.333 e. The minimum absolute atomic E-state index is 0.639. The van der Waals surface area contributed by atoms with Crippen molar-refractivity contribution in [2.75, 3.05) is 13.1 Å². The Labute approximate surface area is 78.2 Å². The predicted octanol–water partition coefficient (Wildman–Crippen LogP) is 0.593. The summed E-state index contributed by atoms with van der Waals surface area (Å²) in [7, 11) is 0. The number of nitrogens with zero attached hydrogens (tertiary/aromatic N) is 2. The highest BCUT2D eigenvalue weighted by atomic mass is 15.1. The van der Waals surface area contributed by atoms with E-state index in [0.29, 0.717) is 5.92 Å². The average molecular weight is 175 g/mol. The van der Waals surface area contributed by atoms with Crippen LogP contribution in [-0.4, -0.2) is 22.6 Å². The molecule has 1 aromatic heterocycles. The quantitative estimate of drug-likeness (QED) is 0.681. The lowest BCUT2D eigenvalue weighted by Gasteiger charge is -2.27. The Bertz CT molecular complexity index is 317. The minimum Gasteiger partial charge on any atom is -0.333 e. The molecule has 2 rings (SSSR count). The van der Waals surface area contributed by atoms with Crippen molar-refractivity contribution in [1.82, 2.24) is 14.9 Å². The number of hydrogen-bond donors (Lipinski definition) is 1. The number of hydrogen-bond acceptors (Lipinski definition) is 2. The van der Waals surface area contributed by atoms with Gasteiger partial charge in [0.05, 0.1) is 6.33 Å². The van der Waals surface area contributed by atoms with Crippen molar-refractivity contribution in [1.29, 1.82) is 0 Å². The third-order valence-electron chi connectivity index (χ3n) is 2.44. The van der Waals surface area contributed by atoms with Gasteiger partial charge in [0.1, 0.15) is 0 Å². The first-order valence-electron chi connectivity index (χ1n) is 4.56. The third kappa shape index (κ3) is 1.58. The van der Waals surface area contributed by atoms with Crippen LogP contribution >= 0.6 is 0 Å². The van der Waals surface area contributed by atoms with Crippen molar-refractivity contribution >= 4 is 0 Å². The summed E-state index contributed by atoms with van der Waals surface area (Å²) in [6.45, 7) is 3.03. The zero-order valence-electron chi connectivity index (χ0n) is 7.53. The predicted molar refractivity (Wildman–Crippen MR) is 51.3 cm³/mol. The van der Waals surface area contributed by atoms with Gasteiger partial charge in [0, 0.05) is 43.9 Å². The van der Waals surface area contributed by atoms with Crippen LogP contribution in [0.5, 0.6) is 0 Å². The standard InChI is InChI=1S/C10H13N3/c1-2-3-4-13-8-12-7-10(13)9-5-11-6-9/h1,7-9,11H,3-6H2. The van der Waals surface area contributed by atoms with Gasteiger partial charge in [-0.25, -0.2) is 4.98 Å². The van der Waals surface area contributed by atoms with Crippen molar-refractivity contribution in [2.45, 2.75) is 18.9 Å². The highest BCUT2D eigenvalue weighted by Crippen LogP contribution is 2.19. The molecule has 0 unspecified atom stereocenters. The molecule has 1 saturated heterocycles. The highest BCUT2D eigenvalue weighted by molar-refractivity contribution is 5.11. The van der Waals surface area contributed by atoms with E-state index in [4.69, 9.17) is 6.42 Å². The number of aryl methyl sites for hydroxylation is 1. The van der Waals surface area contributed by atoms with Crippen molar-refractivity contribution in [2.24, 2.45) is 0 Å². The second-order valence-corrected chi connectivity index (χ2v) is 3.32. The molecule has 13 heavy (non-hydrogen) atoms. The molecule has 3 heteroatoms. The van der Waals surface area contributed by atoms with Crippen LogP contribution in [-0.2, 0) is 6.54 Å². The van der Waals surface area contributed by atoms with Gasteiger partial charge in [0.25, 0.3) is 0 Å². The Balaban J connectivity index is 2.07. The molecule has 1 fully saturated rings. The van der Waals surface area contributed by atoms with Gasteiger partial charge in [0.2, 0.25) is 0 Å². The van der Waals surface area contributed by atoms with E-state index in [0.717, 1.165) is 26.1 Å². The van der Waals surface area contributed by atoms with Crippen LogP contribution in [0.2, 0.25) is 0 Å². The normalized spacial score (nSPS) is 16.5. The Morgan fingerprint density at radius 3 is 3.15 bits per heavy atom. The SMILES string of the molecule is C#CCCn1cncc1C1CNC1. The van der Waals surface area contributed by atoms with E-state index >= 15 is 0 Å². The van der Waals surface area contributed by atoms with Gasteiger partial charge in [-0.2, -0.15) is 0 Å². The van der Waals surface area contributed by atoms with Gasteiger partial charge in [-0.3, -0.25) is 0 Å². The van der Waals surface area contributed by atoms with E-state index in [-0.39, 0.29) is 0 Å². The summed E-state index contributed by atoms with van der Waals surface area (Å²) in [4.78, 5) is 4.14. The second-order valence-electron chi connectivity index (χ2n) is 3.32. The molecule has 0 amide bonds. The number of aromatic nitrogens is 2. The number of imidazole rings is 1. The van der Waals surface area contributed by atoms with Crippen LogP contribution in [0.1, 0.15) is 18.0 Å². The summed E-state index contributed by atoms with van der Waals surface area (Å²) < 4.78 is 2.16. The molecule has 0 bridgehead atoms. The molecule has 68 valence electrons. The molecule has 1 aliphatic rings. The summed E-state index contributed by atoms with van der Waals surface area (Å²) in [5.41, 5.74) is 1.31. The van der Waals surface area contributed by atoms with E-state index < -0.39 is 0 Å². The second kappa shape index (κ2) is 3.63. The Morgan fingerprint density at radius 2 is 2.54 bits per heavy atom. The number of rotatable bonds is 3. The molecule has 1 N–H and O–H groups in total. The van der Waals surface area contributed by atoms with Gasteiger partial charge < -0.3 is 9.88 Å². The monoisotopic (exact) mass is 175 g/mol. The molecule has 1 aliphatic heterocycles. The lowest BCUT2D eigenvalue weighted by Crippen LogP contribution is -2.40. The van der Waals surface area contributed by atoms with Gasteiger partial charge in [-0.05, 0) is 0 Å². The first-order valence-corrected chi connectivity index (χ1v) is 4.56. The van der Waals surface area contributed by atoms with Gasteiger partial charge in [-0.1, -0.05) is 0 Å². The Morgan fingerprint density at radius 1 is 1.69 bits per heavy atom. The summed E-state index contributed by atoms with van der Waals surface area (Å²) in [6, 6.07) is 0. The van der Waals surface area contributed by atoms with Crippen LogP contribution in [0, 0.1) is 12.3 Å². The van der Waals surface area contributed by atoms with E-state index in [2.05, 4.69) is 20.8 Å². The molecular weight excluding hydrogens is 162 g/mol. The van der Waals surface area contributed by atoms with Gasteiger partial charge in [0.15, 0.2) is 0 Å². The van der Waals surface area contributed by atoms with E-state index in [1.807, 2.05) is 12.5 Å². The molecule has 0 aliphatic carbocycles. The fraction of sp³-hybridized carbons (Fsp3) is 0.500. The molecule has 0 radical (unpaired) electrons. The molecule has 0 aromatic carbocycles. The van der Waals surface area contributed by atoms with E-state index in [1.165, 1.54) is 5.69 Å². The summed E-state index contributed by atoms with van der Waals surface area (Å²) in [6.07, 6.45) is 9.82. The average Bonchev–Trinajstić information content (AvgIpc) is 2.46. The smallest absolute Gasteiger partial charge is 0.0948 e. The zero-order valence-corrected chi connectivity index (χ0v) is 7.53. The van der Waals surface area contributed by atoms with Crippen molar-refractivity contribution in [3.63, 3.8) is 0 Å². The van der Waals surface area contributed by atoms with Crippen LogP contribution in [0.15, 0.2) is 12.5 Å². The fourth-order valence-corrected chi connectivity index (χ4v) is 1.54. The van der Waals surface area contributed by atoms with Crippen molar-refractivity contribution < 1.29 is 0 Å². The van der Waals surface area contributed by atoms with Crippen LogP contribution < -0.4 is 5.32 Å². The molecule has 3 nitrogen and oxygen atoms in total. The maximum absolute atomic E-state index is 5.22. The van der Waals surface area contributed by atoms with Crippen LogP contribution in [0.4, 0.5) is 0 Å². The highest BCUT2D eigenvalue weighted by Gasteiger charge is 2.21. The van der Waals surface area contributed by atoms with E-state index in [1.54, 1.807) is 0 Å². The molecule has 2 heterocycles. The first kappa shape index (κ1) is 8.33. The molecular formula is C10H13N3. The lowest BCUT2D eigenvalue weighted by molar-refractivity contribution is 0.424. The molecule has 0 saturated carbocycles. The van der Waals surface area contributed by atoms with E-state index in [9.17, 15) is 0 Å². The van der Waals surface area contributed by atoms with Crippen LogP contribution in [0.25, 0.3) is 0 Å². The van der Waals surface area contributed by atoms with Crippen molar-refractivity contribution in [3.8, 4) is 12.3 Å². The summed E-state index contributed by atoms with van der Waals surface area (Å²) >= 11 is 0. The van der Waals surface area contributed by atoms with Gasteiger partial charge >= 0.3 is 0 Å². The maximum atomic E-state index is 5.22. The molecule has 0 spiro atoms. The first-order chi connectivity index (χ1) is 6.42. The lowest BCUT2D eigenvalue weighted by atomic mass is 10.00. The molecule has 0 atom stereocenters. The molecule has 1 aromatic rings. The van der Waals surface area contributed by atoms with Gasteiger partial charge in [-0.15, -0.1) is 12.3 Å². The Hall–Kier alpha value is -1.27.